The zero-order valence-corrected chi connectivity index (χ0v) is 12.0. The molecule has 1 atom stereocenters. The van der Waals surface area contributed by atoms with Crippen LogP contribution < -0.4 is 0 Å². The van der Waals surface area contributed by atoms with Crippen LogP contribution in [0.3, 0.4) is 0 Å². The van der Waals surface area contributed by atoms with Crippen molar-refractivity contribution in [2.45, 2.75) is 5.25 Å². The molecule has 5 nitrogen and oxygen atoms in total. The average molecular weight is 309 g/mol. The number of nitrogens with zero attached hydrogens (tertiary/aromatic N) is 1. The average Bonchev–Trinajstić information content (AvgIpc) is 2.74. The lowest BCUT2D eigenvalue weighted by molar-refractivity contribution is -0.167. The minimum atomic E-state index is -0.576. The molecule has 1 fully saturated rings. The van der Waals surface area contributed by atoms with Gasteiger partial charge in [0.25, 0.3) is 11.8 Å². The highest BCUT2D eigenvalue weighted by Crippen LogP contribution is 2.27. The van der Waals surface area contributed by atoms with Crippen molar-refractivity contribution in [2.24, 2.45) is 0 Å². The van der Waals surface area contributed by atoms with Gasteiger partial charge in [0.1, 0.15) is 5.25 Å². The van der Waals surface area contributed by atoms with E-state index < -0.39 is 17.8 Å². The third-order valence-corrected chi connectivity index (χ3v) is 5.75. The second kappa shape index (κ2) is 5.49. The predicted molar refractivity (Wildman–Crippen MR) is 76.6 cm³/mol. The number of carbonyl (C=O) groups is 3. The molecule has 0 aromatic heterocycles. The molecule has 0 aliphatic carbocycles. The van der Waals surface area contributed by atoms with Crippen molar-refractivity contribution in [2.75, 3.05) is 17.3 Å². The van der Waals surface area contributed by atoms with Crippen LogP contribution in [0.15, 0.2) is 24.3 Å². The van der Waals surface area contributed by atoms with Gasteiger partial charge in [-0.05, 0) is 12.1 Å². The fourth-order valence-corrected chi connectivity index (χ4v) is 4.53. The summed E-state index contributed by atoms with van der Waals surface area (Å²) in [7, 11) is 0. The van der Waals surface area contributed by atoms with Gasteiger partial charge in [-0.1, -0.05) is 17.2 Å². The smallest absolute Gasteiger partial charge is 0.328 e. The van der Waals surface area contributed by atoms with Crippen molar-refractivity contribution in [1.29, 1.82) is 0 Å². The van der Waals surface area contributed by atoms with E-state index in [4.69, 9.17) is 4.84 Å². The van der Waals surface area contributed by atoms with Crippen LogP contribution in [0.4, 0.5) is 0 Å². The number of thioether (sulfide) groups is 2. The van der Waals surface area contributed by atoms with E-state index in [1.165, 1.54) is 11.8 Å². The Morgan fingerprint density at radius 1 is 1.15 bits per heavy atom. The van der Waals surface area contributed by atoms with Gasteiger partial charge in [-0.3, -0.25) is 9.59 Å². The minimum absolute atomic E-state index is 0.274. The highest BCUT2D eigenvalue weighted by Gasteiger charge is 2.40. The van der Waals surface area contributed by atoms with Gasteiger partial charge >= 0.3 is 5.97 Å². The monoisotopic (exact) mass is 309 g/mol. The number of rotatable bonds is 2. The van der Waals surface area contributed by atoms with Crippen molar-refractivity contribution < 1.29 is 19.2 Å². The molecular weight excluding hydrogens is 298 g/mol. The Morgan fingerprint density at radius 3 is 2.35 bits per heavy atom. The largest absolute Gasteiger partial charge is 0.346 e. The Hall–Kier alpha value is -1.47. The lowest BCUT2D eigenvalue weighted by Gasteiger charge is -2.21. The highest BCUT2D eigenvalue weighted by molar-refractivity contribution is 8.07. The molecule has 0 radical (unpaired) electrons. The minimum Gasteiger partial charge on any atom is -0.328 e. The number of carbonyl (C=O) groups excluding carboxylic acids is 3. The van der Waals surface area contributed by atoms with Gasteiger partial charge in [-0.15, -0.1) is 11.8 Å². The molecule has 2 amide bonds. The third kappa shape index (κ3) is 2.31. The summed E-state index contributed by atoms with van der Waals surface area (Å²) in [5, 5.41) is 0.255. The Kier molecular flexibility index (Phi) is 3.71. The van der Waals surface area contributed by atoms with Crippen LogP contribution in [-0.4, -0.2) is 45.4 Å². The number of imide groups is 1. The maximum atomic E-state index is 12.0. The van der Waals surface area contributed by atoms with Crippen LogP contribution >= 0.6 is 23.5 Å². The van der Waals surface area contributed by atoms with Crippen LogP contribution in [0.2, 0.25) is 0 Å². The SMILES string of the molecule is O=C(ON1C(=O)c2ccccc2C1=O)C1CSCCS1. The number of fused-ring (bicyclic) bond motifs is 1. The molecule has 2 aliphatic rings. The first-order valence-electron chi connectivity index (χ1n) is 6.07. The van der Waals surface area contributed by atoms with Crippen molar-refractivity contribution in [3.05, 3.63) is 35.4 Å². The molecule has 1 aromatic carbocycles. The summed E-state index contributed by atoms with van der Waals surface area (Å²) in [6, 6.07) is 6.44. The van der Waals surface area contributed by atoms with Gasteiger partial charge < -0.3 is 4.84 Å². The summed E-state index contributed by atoms with van der Waals surface area (Å²) in [6.07, 6.45) is 0. The second-order valence-corrected chi connectivity index (χ2v) is 6.76. The number of benzene rings is 1. The Labute approximate surface area is 124 Å². The summed E-state index contributed by atoms with van der Waals surface area (Å²) in [5.41, 5.74) is 0.548. The predicted octanol–water partition coefficient (Wildman–Crippen LogP) is 1.59. The Balaban J connectivity index is 1.74. The zero-order valence-electron chi connectivity index (χ0n) is 10.4. The molecule has 0 saturated carbocycles. The molecule has 2 heterocycles. The van der Waals surface area contributed by atoms with Crippen LogP contribution in [0.25, 0.3) is 0 Å². The summed E-state index contributed by atoms with van der Waals surface area (Å²) in [4.78, 5) is 41.1. The van der Waals surface area contributed by atoms with E-state index in [1.54, 1.807) is 36.0 Å². The third-order valence-electron chi connectivity index (χ3n) is 3.02. The lowest BCUT2D eigenvalue weighted by Crippen LogP contribution is -2.37. The Morgan fingerprint density at radius 2 is 1.80 bits per heavy atom. The maximum absolute atomic E-state index is 12.0. The molecule has 7 heteroatoms. The normalized spacial score (nSPS) is 21.8. The van der Waals surface area contributed by atoms with Gasteiger partial charge in [0.05, 0.1) is 11.1 Å². The molecule has 1 saturated heterocycles. The number of hydroxylamine groups is 2. The van der Waals surface area contributed by atoms with Crippen LogP contribution in [0.1, 0.15) is 20.7 Å². The number of hydrogen-bond donors (Lipinski definition) is 0. The zero-order chi connectivity index (χ0) is 14.1. The van der Waals surface area contributed by atoms with Gasteiger partial charge in [-0.25, -0.2) is 4.79 Å². The van der Waals surface area contributed by atoms with E-state index >= 15 is 0 Å². The highest BCUT2D eigenvalue weighted by atomic mass is 32.2. The van der Waals surface area contributed by atoms with E-state index in [9.17, 15) is 14.4 Å². The lowest BCUT2D eigenvalue weighted by atomic mass is 10.1. The second-order valence-electron chi connectivity index (χ2n) is 4.29. The van der Waals surface area contributed by atoms with Crippen molar-refractivity contribution >= 4 is 41.3 Å². The summed E-state index contributed by atoms with van der Waals surface area (Å²) < 4.78 is 0. The van der Waals surface area contributed by atoms with Gasteiger partial charge in [0, 0.05) is 17.3 Å². The van der Waals surface area contributed by atoms with E-state index in [2.05, 4.69) is 0 Å². The molecule has 3 rings (SSSR count). The number of hydrogen-bond acceptors (Lipinski definition) is 6. The van der Waals surface area contributed by atoms with Crippen molar-refractivity contribution in [3.63, 3.8) is 0 Å². The summed E-state index contributed by atoms with van der Waals surface area (Å²) >= 11 is 3.16. The molecule has 1 aromatic rings. The standard InChI is InChI=1S/C13H11NO4S2/c15-11-8-3-1-2-4-9(8)12(16)14(11)18-13(17)10-7-19-5-6-20-10/h1-4,10H,5-7H2. The van der Waals surface area contributed by atoms with Crippen LogP contribution in [-0.2, 0) is 9.63 Å². The van der Waals surface area contributed by atoms with E-state index in [-0.39, 0.29) is 16.4 Å². The first-order chi connectivity index (χ1) is 9.68. The molecule has 1 unspecified atom stereocenters. The fourth-order valence-electron chi connectivity index (χ4n) is 2.02. The fraction of sp³-hybridized carbons (Fsp3) is 0.308. The van der Waals surface area contributed by atoms with E-state index in [1.807, 2.05) is 0 Å². The first-order valence-corrected chi connectivity index (χ1v) is 8.28. The maximum Gasteiger partial charge on any atom is 0.346 e. The van der Waals surface area contributed by atoms with Gasteiger partial charge in [-0.2, -0.15) is 11.8 Å². The molecule has 0 bridgehead atoms. The molecular formula is C13H11NO4S2. The molecule has 2 aliphatic heterocycles. The van der Waals surface area contributed by atoms with Crippen LogP contribution in [0, 0.1) is 0 Å². The number of amides is 2. The quantitative estimate of drug-likeness (QED) is 0.773. The van der Waals surface area contributed by atoms with E-state index in [0.29, 0.717) is 10.8 Å². The molecule has 20 heavy (non-hydrogen) atoms. The summed E-state index contributed by atoms with van der Waals surface area (Å²) in [5.74, 6) is 0.831. The van der Waals surface area contributed by atoms with Gasteiger partial charge in [0.2, 0.25) is 0 Å². The summed E-state index contributed by atoms with van der Waals surface area (Å²) in [6.45, 7) is 0. The molecule has 104 valence electrons. The van der Waals surface area contributed by atoms with Crippen molar-refractivity contribution in [1.82, 2.24) is 5.06 Å². The molecule has 0 N–H and O–H groups in total. The molecule has 0 spiro atoms. The van der Waals surface area contributed by atoms with E-state index in [0.717, 1.165) is 11.5 Å². The first kappa shape index (κ1) is 13.5. The van der Waals surface area contributed by atoms with Gasteiger partial charge in [0.15, 0.2) is 0 Å². The Bertz CT molecular complexity index is 548. The van der Waals surface area contributed by atoms with Crippen LogP contribution in [0.5, 0.6) is 0 Å². The topological polar surface area (TPSA) is 63.7 Å². The van der Waals surface area contributed by atoms with Crippen molar-refractivity contribution in [3.8, 4) is 0 Å².